The summed E-state index contributed by atoms with van der Waals surface area (Å²) in [4.78, 5) is 60.0. The molecular formula is C32H61N5O14. The van der Waals surface area contributed by atoms with Crippen molar-refractivity contribution in [3.63, 3.8) is 0 Å². The third kappa shape index (κ3) is 30.3. The van der Waals surface area contributed by atoms with Gasteiger partial charge in [-0.2, -0.15) is 0 Å². The van der Waals surface area contributed by atoms with Crippen LogP contribution in [0, 0.1) is 0 Å². The summed E-state index contributed by atoms with van der Waals surface area (Å²) in [6.45, 7) is 3.85. The first-order chi connectivity index (χ1) is 24.6. The highest BCUT2D eigenvalue weighted by molar-refractivity contribution is 5.83. The number of unbranched alkanes of at least 4 members (excludes halogenated alkanes) is 4. The number of hydrogen-bond donors (Lipinski definition) is 5. The number of nitrogens with zero attached hydrogens (tertiary/aromatic N) is 3. The minimum Gasteiger partial charge on any atom is -0.382 e. The Bertz CT molecular complexity index is 933. The van der Waals surface area contributed by atoms with Gasteiger partial charge in [0.05, 0.1) is 66.0 Å². The first-order valence-corrected chi connectivity index (χ1v) is 17.4. The lowest BCUT2D eigenvalue weighted by Crippen LogP contribution is -2.33. The van der Waals surface area contributed by atoms with E-state index < -0.39 is 17.7 Å². The highest BCUT2D eigenvalue weighted by Gasteiger charge is 2.15. The summed E-state index contributed by atoms with van der Waals surface area (Å²) in [5, 5.41) is 36.7. The quantitative estimate of drug-likeness (QED) is 0.0330. The highest BCUT2D eigenvalue weighted by atomic mass is 16.6. The molecule has 0 fully saturated rings. The molecule has 0 aliphatic rings. The molecular weight excluding hydrogens is 678 g/mol. The van der Waals surface area contributed by atoms with Gasteiger partial charge in [0, 0.05) is 66.1 Å². The fraction of sp³-hybridized carbons (Fsp3) is 0.844. The molecule has 0 atom stereocenters. The Labute approximate surface area is 300 Å². The van der Waals surface area contributed by atoms with E-state index in [0.29, 0.717) is 113 Å². The molecule has 0 unspecified atom stereocenters. The number of carbonyl (C=O) groups is 5. The van der Waals surface area contributed by atoms with Gasteiger partial charge in [0.25, 0.3) is 5.91 Å². The standard InChI is InChI=1S/C32H61N5O14/c1-46-19-21-49-24-23-48-18-17-37(45)31(41)12-10-29(39)34-13-5-3-7-15-35(43)30(40)11-9-28(38)33-14-6-4-8-16-36(44)32(42)27-51-26-25-50-22-20-47-2/h43-45H,3-27H2,1-2H3,(H,33,38)(H,34,39). The van der Waals surface area contributed by atoms with Crippen molar-refractivity contribution < 1.29 is 68.0 Å². The smallest absolute Gasteiger partial charge is 0.271 e. The molecule has 19 nitrogen and oxygen atoms in total. The summed E-state index contributed by atoms with van der Waals surface area (Å²) in [5.41, 5.74) is 0. The van der Waals surface area contributed by atoms with Gasteiger partial charge in [-0.25, -0.2) is 15.2 Å². The highest BCUT2D eigenvalue weighted by Crippen LogP contribution is 2.03. The SMILES string of the molecule is COCCOCCOCCN(O)C(=O)CCC(=O)NCCCCCN(O)C(=O)CCC(=O)NCCCCCN(O)C(=O)COCCOCCOC. The van der Waals surface area contributed by atoms with Crippen molar-refractivity contribution in [1.82, 2.24) is 25.8 Å². The lowest BCUT2D eigenvalue weighted by molar-refractivity contribution is -0.171. The van der Waals surface area contributed by atoms with E-state index in [9.17, 15) is 39.6 Å². The van der Waals surface area contributed by atoms with Crippen LogP contribution in [0.3, 0.4) is 0 Å². The first-order valence-electron chi connectivity index (χ1n) is 17.4. The van der Waals surface area contributed by atoms with Crippen LogP contribution in [0.25, 0.3) is 0 Å². The second-order valence-corrected chi connectivity index (χ2v) is 11.2. The fourth-order valence-corrected chi connectivity index (χ4v) is 4.04. The molecule has 0 aromatic carbocycles. The van der Waals surface area contributed by atoms with Crippen LogP contribution < -0.4 is 10.6 Å². The van der Waals surface area contributed by atoms with Crippen molar-refractivity contribution in [1.29, 1.82) is 0 Å². The van der Waals surface area contributed by atoms with Crippen LogP contribution in [0.1, 0.15) is 64.2 Å². The van der Waals surface area contributed by atoms with Gasteiger partial charge in [0.1, 0.15) is 6.61 Å². The molecule has 0 aliphatic carbocycles. The van der Waals surface area contributed by atoms with Gasteiger partial charge in [-0.3, -0.25) is 39.6 Å². The summed E-state index contributed by atoms with van der Waals surface area (Å²) < 4.78 is 30.6. The lowest BCUT2D eigenvalue weighted by Gasteiger charge is -2.15. The summed E-state index contributed by atoms with van der Waals surface area (Å²) in [5.74, 6) is -2.38. The molecule has 0 aromatic heterocycles. The largest absolute Gasteiger partial charge is 0.382 e. The molecule has 0 aromatic rings. The third-order valence-corrected chi connectivity index (χ3v) is 7.01. The number of hydrogen-bond acceptors (Lipinski definition) is 14. The van der Waals surface area contributed by atoms with E-state index >= 15 is 0 Å². The second kappa shape index (κ2) is 34.1. The Kier molecular flexibility index (Phi) is 32.1. The molecule has 0 heterocycles. The summed E-state index contributed by atoms with van der Waals surface area (Å²) in [7, 11) is 3.14. The number of nitrogens with one attached hydrogen (secondary N) is 2. The number of hydroxylamine groups is 6. The molecule has 0 saturated carbocycles. The van der Waals surface area contributed by atoms with E-state index in [1.54, 1.807) is 14.2 Å². The topological polar surface area (TPSA) is 235 Å². The zero-order valence-corrected chi connectivity index (χ0v) is 30.4. The first kappa shape index (κ1) is 48.0. The van der Waals surface area contributed by atoms with Crippen LogP contribution in [-0.2, 0) is 52.4 Å². The van der Waals surface area contributed by atoms with Crippen LogP contribution in [0.5, 0.6) is 0 Å². The van der Waals surface area contributed by atoms with Gasteiger partial charge < -0.3 is 39.1 Å². The molecule has 5 N–H and O–H groups in total. The van der Waals surface area contributed by atoms with Crippen molar-refractivity contribution in [3.8, 4) is 0 Å². The molecule has 0 rings (SSSR count). The normalized spacial score (nSPS) is 10.9. The molecule has 19 heteroatoms. The van der Waals surface area contributed by atoms with Crippen molar-refractivity contribution >= 4 is 29.5 Å². The van der Waals surface area contributed by atoms with E-state index in [1.807, 2.05) is 0 Å². The molecule has 0 spiro atoms. The van der Waals surface area contributed by atoms with E-state index in [-0.39, 0.29) is 77.0 Å². The zero-order valence-electron chi connectivity index (χ0n) is 30.4. The van der Waals surface area contributed by atoms with Crippen LogP contribution in [-0.4, -0.2) is 173 Å². The third-order valence-electron chi connectivity index (χ3n) is 7.01. The Balaban J connectivity index is 3.75. The van der Waals surface area contributed by atoms with Gasteiger partial charge >= 0.3 is 0 Å². The molecule has 0 radical (unpaired) electrons. The molecule has 0 bridgehead atoms. The van der Waals surface area contributed by atoms with Gasteiger partial charge in [0.2, 0.25) is 23.6 Å². The monoisotopic (exact) mass is 739 g/mol. The van der Waals surface area contributed by atoms with Crippen LogP contribution >= 0.6 is 0 Å². The lowest BCUT2D eigenvalue weighted by atomic mass is 10.2. The minimum absolute atomic E-state index is 0.0276. The predicted octanol–water partition coefficient (Wildman–Crippen LogP) is 0.132. The maximum Gasteiger partial charge on any atom is 0.271 e. The van der Waals surface area contributed by atoms with E-state index in [2.05, 4.69) is 10.6 Å². The number of methoxy groups -OCH3 is 2. The average molecular weight is 740 g/mol. The maximum absolute atomic E-state index is 12.1. The van der Waals surface area contributed by atoms with Crippen molar-refractivity contribution in [2.45, 2.75) is 64.2 Å². The number of rotatable bonds is 35. The Morgan fingerprint density at radius 2 is 0.843 bits per heavy atom. The van der Waals surface area contributed by atoms with Gasteiger partial charge in [-0.05, 0) is 38.5 Å². The fourth-order valence-electron chi connectivity index (χ4n) is 4.04. The Morgan fingerprint density at radius 3 is 1.31 bits per heavy atom. The van der Waals surface area contributed by atoms with Crippen molar-refractivity contribution in [2.75, 3.05) is 113 Å². The maximum atomic E-state index is 12.1. The number of ether oxygens (including phenoxy) is 6. The summed E-state index contributed by atoms with van der Waals surface area (Å²) in [6, 6.07) is 0. The van der Waals surface area contributed by atoms with Gasteiger partial charge in [-0.15, -0.1) is 0 Å². The van der Waals surface area contributed by atoms with Crippen molar-refractivity contribution in [2.24, 2.45) is 0 Å². The predicted molar refractivity (Wildman–Crippen MR) is 180 cm³/mol. The Hall–Kier alpha value is -3.01. The second-order valence-electron chi connectivity index (χ2n) is 11.2. The molecule has 0 aliphatic heterocycles. The molecule has 51 heavy (non-hydrogen) atoms. The molecule has 298 valence electrons. The minimum atomic E-state index is -0.591. The van der Waals surface area contributed by atoms with Crippen LogP contribution in [0.2, 0.25) is 0 Å². The summed E-state index contributed by atoms with van der Waals surface area (Å²) >= 11 is 0. The average Bonchev–Trinajstić information content (AvgIpc) is 3.12. The Morgan fingerprint density at radius 1 is 0.451 bits per heavy atom. The van der Waals surface area contributed by atoms with Crippen LogP contribution in [0.4, 0.5) is 0 Å². The van der Waals surface area contributed by atoms with Crippen molar-refractivity contribution in [3.05, 3.63) is 0 Å². The van der Waals surface area contributed by atoms with E-state index in [4.69, 9.17) is 28.4 Å². The molecule has 5 amide bonds. The van der Waals surface area contributed by atoms with Gasteiger partial charge in [-0.1, -0.05) is 0 Å². The summed E-state index contributed by atoms with van der Waals surface area (Å²) in [6.07, 6.45) is 3.03. The van der Waals surface area contributed by atoms with E-state index in [0.717, 1.165) is 0 Å². The van der Waals surface area contributed by atoms with E-state index in [1.165, 1.54) is 0 Å². The van der Waals surface area contributed by atoms with Gasteiger partial charge in [0.15, 0.2) is 0 Å². The zero-order chi connectivity index (χ0) is 38.0. The number of carbonyl (C=O) groups excluding carboxylic acids is 5. The molecule has 0 saturated heterocycles. The van der Waals surface area contributed by atoms with Crippen LogP contribution in [0.15, 0.2) is 0 Å². The number of amides is 5.